The van der Waals surface area contributed by atoms with Crippen LogP contribution >= 0.6 is 0 Å². The minimum Gasteiger partial charge on any atom is -0.394 e. The van der Waals surface area contributed by atoms with Gasteiger partial charge in [0.05, 0.1) is 172 Å². The van der Waals surface area contributed by atoms with Crippen molar-refractivity contribution >= 4 is 0 Å². The van der Waals surface area contributed by atoms with Gasteiger partial charge in [-0.1, -0.05) is 0 Å². The molecule has 0 atom stereocenters. The van der Waals surface area contributed by atoms with E-state index in [2.05, 4.69) is 0 Å². The van der Waals surface area contributed by atoms with Crippen molar-refractivity contribution in [1.82, 2.24) is 0 Å². The summed E-state index contributed by atoms with van der Waals surface area (Å²) >= 11 is 0. The van der Waals surface area contributed by atoms with Crippen molar-refractivity contribution in [2.24, 2.45) is 0 Å². The van der Waals surface area contributed by atoms with Crippen LogP contribution in [-0.2, 0) is 33.2 Å². The molecule has 0 aliphatic rings. The Morgan fingerprint density at radius 1 is 0.200 bits per heavy atom. The first-order valence-electron chi connectivity index (χ1n) is 17.2. The Balaban J connectivity index is -0.000000160. The second-order valence-corrected chi connectivity index (χ2v) is 9.83. The molecule has 0 saturated heterocycles. The third kappa shape index (κ3) is 82.0. The van der Waals surface area contributed by atoms with Crippen molar-refractivity contribution in [3.63, 3.8) is 0 Å². The summed E-state index contributed by atoms with van der Waals surface area (Å²) in [7, 11) is 0. The smallest absolute Gasteiger partial charge is 0.100 e. The molecule has 0 unspecified atom stereocenters. The van der Waals surface area contributed by atoms with Gasteiger partial charge in [0.2, 0.25) is 0 Å². The molecule has 0 radical (unpaired) electrons. The zero-order valence-electron chi connectivity index (χ0n) is 31.7. The number of ether oxygens (including phenoxy) is 7. The van der Waals surface area contributed by atoms with Gasteiger partial charge in [0.25, 0.3) is 0 Å². The lowest BCUT2D eigenvalue weighted by atomic mass is 10.4. The molecule has 55 heavy (non-hydrogen) atoms. The molecular weight excluding hydrogens is 756 g/mol. The van der Waals surface area contributed by atoms with E-state index in [0.29, 0.717) is 92.5 Å². The maximum atomic E-state index is 8.50. The highest BCUT2D eigenvalue weighted by Crippen LogP contribution is 1.85. The van der Waals surface area contributed by atoms with E-state index in [1.807, 2.05) is 0 Å². The number of aliphatic hydroxyl groups excluding tert-OH is 17. The Morgan fingerprint density at radius 2 is 0.309 bits per heavy atom. The summed E-state index contributed by atoms with van der Waals surface area (Å²) in [4.78, 5) is 0. The van der Waals surface area contributed by atoms with Gasteiger partial charge in [-0.25, -0.2) is 0 Å². The predicted octanol–water partition coefficient (Wildman–Crippen LogP) is -9.25. The molecule has 0 rings (SSSR count). The molecule has 0 aromatic carbocycles. The van der Waals surface area contributed by atoms with E-state index in [0.717, 1.165) is 0 Å². The zero-order chi connectivity index (χ0) is 43.2. The molecule has 0 bridgehead atoms. The Kier molecular flexibility index (Phi) is 77.7. The zero-order valence-corrected chi connectivity index (χ0v) is 31.7. The molecule has 342 valence electrons. The molecule has 24 heteroatoms. The topological polar surface area (TPSA) is 409 Å². The van der Waals surface area contributed by atoms with Crippen LogP contribution in [0.3, 0.4) is 0 Å². The highest BCUT2D eigenvalue weighted by atomic mass is 16.6. The molecule has 0 amide bonds. The molecule has 24 nitrogen and oxygen atoms in total. The van der Waals surface area contributed by atoms with Crippen LogP contribution in [0.4, 0.5) is 0 Å². The lowest BCUT2D eigenvalue weighted by molar-refractivity contribution is -0.0223. The molecule has 0 aromatic heterocycles. The van der Waals surface area contributed by atoms with Gasteiger partial charge in [-0.3, -0.25) is 0 Å². The van der Waals surface area contributed by atoms with Crippen LogP contribution in [0.25, 0.3) is 0 Å². The van der Waals surface area contributed by atoms with Gasteiger partial charge >= 0.3 is 0 Å². The van der Waals surface area contributed by atoms with Crippen molar-refractivity contribution in [3.8, 4) is 0 Å². The lowest BCUT2D eigenvalue weighted by Crippen LogP contribution is -2.15. The van der Waals surface area contributed by atoms with E-state index in [4.69, 9.17) is 120 Å². The molecule has 0 aliphatic heterocycles. The summed E-state index contributed by atoms with van der Waals surface area (Å²) in [5, 5.41) is 137. The Labute approximate surface area is 322 Å². The van der Waals surface area contributed by atoms with Crippen LogP contribution in [-0.4, -0.2) is 289 Å². The Bertz CT molecular complexity index is 490. The first-order valence-corrected chi connectivity index (χ1v) is 17.2. The molecular formula is C31H74O24. The van der Waals surface area contributed by atoms with Gasteiger partial charge in [-0.05, 0) is 0 Å². The van der Waals surface area contributed by atoms with Crippen LogP contribution < -0.4 is 0 Å². The minimum atomic E-state index is -0.954. The monoisotopic (exact) mass is 830 g/mol. The molecule has 0 fully saturated rings. The van der Waals surface area contributed by atoms with Crippen molar-refractivity contribution in [3.05, 3.63) is 0 Å². The molecule has 0 spiro atoms. The SMILES string of the molecule is OCC(O)CO.OCC(O)CO.OCC(O)CO.OCC(O)CO.OCC(O)CO.OCCOCCOCCOCCOCCOCCOCCOCCO. The number of hydrogen-bond acceptors (Lipinski definition) is 24. The number of hydrogen-bond donors (Lipinski definition) is 17. The van der Waals surface area contributed by atoms with Crippen molar-refractivity contribution in [2.45, 2.75) is 30.5 Å². The Morgan fingerprint density at radius 3 is 0.382 bits per heavy atom. The first kappa shape index (κ1) is 65.9. The summed E-state index contributed by atoms with van der Waals surface area (Å²) in [5.41, 5.74) is 0. The molecule has 0 aliphatic carbocycles. The van der Waals surface area contributed by atoms with Crippen LogP contribution in [0.1, 0.15) is 0 Å². The van der Waals surface area contributed by atoms with E-state index < -0.39 is 30.5 Å². The highest BCUT2D eigenvalue weighted by molar-refractivity contribution is 4.46. The van der Waals surface area contributed by atoms with Crippen LogP contribution in [0.15, 0.2) is 0 Å². The van der Waals surface area contributed by atoms with Gasteiger partial charge in [0.15, 0.2) is 0 Å². The molecule has 0 saturated carbocycles. The highest BCUT2D eigenvalue weighted by Gasteiger charge is 1.97. The fraction of sp³-hybridized carbons (Fsp3) is 1.00. The maximum absolute atomic E-state index is 8.50. The second kappa shape index (κ2) is 64.9. The molecule has 17 N–H and O–H groups in total. The Hall–Kier alpha value is -0.960. The summed E-state index contributed by atoms with van der Waals surface area (Å²) in [6, 6.07) is 0. The van der Waals surface area contributed by atoms with E-state index in [9.17, 15) is 0 Å². The molecule has 0 aromatic rings. The predicted molar refractivity (Wildman–Crippen MR) is 191 cm³/mol. The average molecular weight is 831 g/mol. The summed E-state index contributed by atoms with van der Waals surface area (Å²) < 4.78 is 36.7. The number of rotatable bonds is 32. The van der Waals surface area contributed by atoms with Gasteiger partial charge in [-0.2, -0.15) is 0 Å². The second-order valence-electron chi connectivity index (χ2n) is 9.83. The van der Waals surface area contributed by atoms with Crippen LogP contribution in [0.2, 0.25) is 0 Å². The van der Waals surface area contributed by atoms with E-state index in [1.165, 1.54) is 0 Å². The van der Waals surface area contributed by atoms with Crippen molar-refractivity contribution in [1.29, 1.82) is 0 Å². The maximum Gasteiger partial charge on any atom is 0.100 e. The van der Waals surface area contributed by atoms with Gasteiger partial charge in [0.1, 0.15) is 30.5 Å². The van der Waals surface area contributed by atoms with Gasteiger partial charge < -0.3 is 120 Å². The lowest BCUT2D eigenvalue weighted by Gasteiger charge is -2.08. The average Bonchev–Trinajstić information content (AvgIpc) is 3.23. The van der Waals surface area contributed by atoms with E-state index >= 15 is 0 Å². The largest absolute Gasteiger partial charge is 0.394 e. The summed E-state index contributed by atoms with van der Waals surface area (Å²) in [6.07, 6.45) is -4.77. The van der Waals surface area contributed by atoms with Gasteiger partial charge in [0, 0.05) is 0 Å². The first-order chi connectivity index (χ1) is 26.5. The van der Waals surface area contributed by atoms with Crippen molar-refractivity contribution < 1.29 is 120 Å². The number of aliphatic hydroxyl groups is 17. The van der Waals surface area contributed by atoms with Crippen LogP contribution in [0.5, 0.6) is 0 Å². The third-order valence-electron chi connectivity index (χ3n) is 4.81. The van der Waals surface area contributed by atoms with Crippen molar-refractivity contribution in [2.75, 3.05) is 172 Å². The summed E-state index contributed by atoms with van der Waals surface area (Å²) in [5.74, 6) is 0. The quantitative estimate of drug-likeness (QED) is 0.0280. The van der Waals surface area contributed by atoms with Gasteiger partial charge in [-0.15, -0.1) is 0 Å². The van der Waals surface area contributed by atoms with Crippen LogP contribution in [0, 0.1) is 0 Å². The van der Waals surface area contributed by atoms with E-state index in [1.54, 1.807) is 0 Å². The standard InChI is InChI=1S/C16H34O9.5C3H8O3/c17-1-3-19-5-7-21-9-11-23-13-15-25-16-14-24-12-10-22-8-6-20-4-2-18;5*4-1-3(6)2-5/h17-18H,1-16H2;5*3-6H,1-2H2. The summed E-state index contributed by atoms with van der Waals surface area (Å²) in [6.45, 7) is 3.16. The molecule has 0 heterocycles. The third-order valence-corrected chi connectivity index (χ3v) is 4.81. The normalized spacial score (nSPS) is 10.6. The van der Waals surface area contributed by atoms with E-state index in [-0.39, 0.29) is 79.3 Å². The fourth-order valence-electron chi connectivity index (χ4n) is 1.84. The minimum absolute atomic E-state index is 0.0312. The fourth-order valence-corrected chi connectivity index (χ4v) is 1.84.